The van der Waals surface area contributed by atoms with E-state index in [4.69, 9.17) is 9.47 Å². The summed E-state index contributed by atoms with van der Waals surface area (Å²) in [6, 6.07) is 9.20. The molecule has 8 heteroatoms. The van der Waals surface area contributed by atoms with E-state index >= 15 is 0 Å². The molecule has 1 aliphatic carbocycles. The van der Waals surface area contributed by atoms with Crippen molar-refractivity contribution < 1.29 is 32.2 Å². The first-order valence-electron chi connectivity index (χ1n) is 10.3. The van der Waals surface area contributed by atoms with E-state index in [0.29, 0.717) is 43.3 Å². The maximum absolute atomic E-state index is 13.4. The molecule has 5 nitrogen and oxygen atoms in total. The molecule has 0 unspecified atom stereocenters. The predicted molar refractivity (Wildman–Crippen MR) is 105 cm³/mol. The average Bonchev–Trinajstić information content (AvgIpc) is 3.57. The summed E-state index contributed by atoms with van der Waals surface area (Å²) in [6.07, 6.45) is -1.95. The normalized spacial score (nSPS) is 20.2. The topological polar surface area (TPSA) is 55.8 Å². The van der Waals surface area contributed by atoms with Crippen LogP contribution in [0.2, 0.25) is 0 Å². The van der Waals surface area contributed by atoms with Crippen molar-refractivity contribution in [2.24, 2.45) is 5.92 Å². The van der Waals surface area contributed by atoms with Crippen molar-refractivity contribution in [2.75, 3.05) is 24.7 Å². The van der Waals surface area contributed by atoms with Gasteiger partial charge in [0.2, 0.25) is 0 Å². The number of ketones is 1. The van der Waals surface area contributed by atoms with Crippen LogP contribution in [0.15, 0.2) is 42.5 Å². The number of anilines is 1. The third-order valence-corrected chi connectivity index (χ3v) is 5.94. The SMILES string of the molecule is O=C(c1ccc2c(c1)C1(OCCCO1)C(=O)N2CC1CC1)c1ccccc1C(F)(F)F. The van der Waals surface area contributed by atoms with Crippen LogP contribution in [0.1, 0.15) is 46.3 Å². The number of hydrogen-bond donors (Lipinski definition) is 0. The third kappa shape index (κ3) is 3.34. The number of rotatable bonds is 4. The van der Waals surface area contributed by atoms with Crippen LogP contribution in [0.4, 0.5) is 18.9 Å². The Morgan fingerprint density at radius 1 is 1.10 bits per heavy atom. The molecule has 2 aromatic rings. The molecule has 1 spiro atoms. The lowest BCUT2D eigenvalue weighted by Crippen LogP contribution is -2.47. The molecule has 2 aliphatic heterocycles. The molecule has 2 heterocycles. The van der Waals surface area contributed by atoms with Crippen molar-refractivity contribution in [1.82, 2.24) is 0 Å². The predicted octanol–water partition coefficient (Wildman–Crippen LogP) is 4.28. The Balaban J connectivity index is 1.58. The summed E-state index contributed by atoms with van der Waals surface area (Å²) in [5.74, 6) is -2.33. The zero-order valence-corrected chi connectivity index (χ0v) is 16.6. The molecule has 2 aromatic carbocycles. The van der Waals surface area contributed by atoms with E-state index in [0.717, 1.165) is 25.0 Å². The fourth-order valence-corrected chi connectivity index (χ4v) is 4.21. The Bertz CT molecular complexity index is 1060. The minimum Gasteiger partial charge on any atom is -0.338 e. The summed E-state index contributed by atoms with van der Waals surface area (Å²) in [5.41, 5.74) is -0.415. The molecule has 31 heavy (non-hydrogen) atoms. The number of carbonyl (C=O) groups excluding carboxylic acids is 2. The molecule has 162 valence electrons. The molecule has 0 N–H and O–H groups in total. The number of hydrogen-bond acceptors (Lipinski definition) is 4. The second-order valence-corrected chi connectivity index (χ2v) is 8.13. The smallest absolute Gasteiger partial charge is 0.338 e. The molecule has 1 saturated heterocycles. The van der Waals surface area contributed by atoms with Gasteiger partial charge >= 0.3 is 6.18 Å². The molecule has 1 amide bonds. The molecule has 0 bridgehead atoms. The van der Waals surface area contributed by atoms with E-state index in [1.54, 1.807) is 11.0 Å². The maximum Gasteiger partial charge on any atom is 0.417 e. The highest BCUT2D eigenvalue weighted by atomic mass is 19.4. The van der Waals surface area contributed by atoms with Gasteiger partial charge < -0.3 is 14.4 Å². The van der Waals surface area contributed by atoms with Crippen molar-refractivity contribution in [3.8, 4) is 0 Å². The van der Waals surface area contributed by atoms with Gasteiger partial charge in [0.25, 0.3) is 11.7 Å². The van der Waals surface area contributed by atoms with Gasteiger partial charge in [-0.1, -0.05) is 18.2 Å². The Labute approximate surface area is 176 Å². The second-order valence-electron chi connectivity index (χ2n) is 8.13. The fraction of sp³-hybridized carbons (Fsp3) is 0.391. The van der Waals surface area contributed by atoms with Gasteiger partial charge in [-0.2, -0.15) is 13.2 Å². The molecular formula is C23H20F3NO4. The van der Waals surface area contributed by atoms with Crippen molar-refractivity contribution in [3.05, 3.63) is 64.7 Å². The zero-order chi connectivity index (χ0) is 21.8. The van der Waals surface area contributed by atoms with E-state index in [2.05, 4.69) is 0 Å². The molecular weight excluding hydrogens is 411 g/mol. The van der Waals surface area contributed by atoms with Crippen LogP contribution in [0.3, 0.4) is 0 Å². The van der Waals surface area contributed by atoms with Crippen LogP contribution in [-0.4, -0.2) is 31.4 Å². The summed E-state index contributed by atoms with van der Waals surface area (Å²) >= 11 is 0. The van der Waals surface area contributed by atoms with Gasteiger partial charge in [-0.25, -0.2) is 0 Å². The lowest BCUT2D eigenvalue weighted by molar-refractivity contribution is -0.256. The van der Waals surface area contributed by atoms with Crippen molar-refractivity contribution in [1.29, 1.82) is 0 Å². The zero-order valence-electron chi connectivity index (χ0n) is 16.6. The first-order valence-corrected chi connectivity index (χ1v) is 10.3. The van der Waals surface area contributed by atoms with Gasteiger partial charge in [-0.05, 0) is 49.4 Å². The fourth-order valence-electron chi connectivity index (χ4n) is 4.21. The summed E-state index contributed by atoms with van der Waals surface area (Å²) in [7, 11) is 0. The number of halogens is 3. The van der Waals surface area contributed by atoms with E-state index in [-0.39, 0.29) is 11.5 Å². The van der Waals surface area contributed by atoms with Crippen molar-refractivity contribution in [2.45, 2.75) is 31.2 Å². The molecule has 0 radical (unpaired) electrons. The van der Waals surface area contributed by atoms with Gasteiger partial charge in [-0.15, -0.1) is 0 Å². The third-order valence-electron chi connectivity index (χ3n) is 5.94. The quantitative estimate of drug-likeness (QED) is 0.678. The number of benzene rings is 2. The number of carbonyl (C=O) groups is 2. The number of nitrogens with zero attached hydrogens (tertiary/aromatic N) is 1. The van der Waals surface area contributed by atoms with Crippen LogP contribution in [-0.2, 0) is 26.2 Å². The summed E-state index contributed by atoms with van der Waals surface area (Å²) < 4.78 is 51.9. The minimum atomic E-state index is -4.66. The average molecular weight is 431 g/mol. The Hall–Kier alpha value is -2.71. The Kier molecular flexibility index (Phi) is 4.67. The lowest BCUT2D eigenvalue weighted by atomic mass is 9.95. The molecule has 3 aliphatic rings. The van der Waals surface area contributed by atoms with E-state index in [9.17, 15) is 22.8 Å². The molecule has 2 fully saturated rings. The first-order chi connectivity index (χ1) is 14.8. The first kappa shape index (κ1) is 20.2. The summed E-state index contributed by atoms with van der Waals surface area (Å²) in [4.78, 5) is 28.0. The van der Waals surface area contributed by atoms with Crippen LogP contribution in [0.25, 0.3) is 0 Å². The van der Waals surface area contributed by atoms with Gasteiger partial charge in [0.15, 0.2) is 5.78 Å². The minimum absolute atomic E-state index is 0.0497. The maximum atomic E-state index is 13.4. The van der Waals surface area contributed by atoms with Crippen molar-refractivity contribution in [3.63, 3.8) is 0 Å². The molecule has 0 aromatic heterocycles. The van der Waals surface area contributed by atoms with Crippen LogP contribution < -0.4 is 4.90 Å². The van der Waals surface area contributed by atoms with Gasteiger partial charge in [0.05, 0.1) is 24.5 Å². The molecule has 0 atom stereocenters. The lowest BCUT2D eigenvalue weighted by Gasteiger charge is -2.32. The van der Waals surface area contributed by atoms with Gasteiger partial charge in [0.1, 0.15) is 0 Å². The highest BCUT2D eigenvalue weighted by Gasteiger charge is 2.55. The Morgan fingerprint density at radius 3 is 2.48 bits per heavy atom. The summed E-state index contributed by atoms with van der Waals surface area (Å²) in [6.45, 7) is 1.17. The van der Waals surface area contributed by atoms with Crippen LogP contribution in [0.5, 0.6) is 0 Å². The number of amides is 1. The van der Waals surface area contributed by atoms with Crippen LogP contribution >= 0.6 is 0 Å². The van der Waals surface area contributed by atoms with Crippen LogP contribution in [0, 0.1) is 5.92 Å². The van der Waals surface area contributed by atoms with Gasteiger partial charge in [-0.3, -0.25) is 9.59 Å². The van der Waals surface area contributed by atoms with Crippen molar-refractivity contribution >= 4 is 17.4 Å². The van der Waals surface area contributed by atoms with E-state index in [1.165, 1.54) is 24.3 Å². The van der Waals surface area contributed by atoms with Gasteiger partial charge in [0, 0.05) is 23.2 Å². The standard InChI is InChI=1S/C23H20F3NO4/c24-23(25,26)17-5-2-1-4-16(17)20(28)15-8-9-19-18(12-15)22(30-10-3-11-31-22)21(29)27(19)13-14-6-7-14/h1-2,4-5,8-9,12,14H,3,6-7,10-11,13H2. The molecule has 1 saturated carbocycles. The number of alkyl halides is 3. The highest BCUT2D eigenvalue weighted by molar-refractivity contribution is 6.12. The Morgan fingerprint density at radius 2 is 1.81 bits per heavy atom. The number of fused-ring (bicyclic) bond motifs is 2. The number of ether oxygens (including phenoxy) is 2. The largest absolute Gasteiger partial charge is 0.417 e. The second kappa shape index (κ2) is 7.17. The highest BCUT2D eigenvalue weighted by Crippen LogP contribution is 2.47. The monoisotopic (exact) mass is 431 g/mol. The van der Waals surface area contributed by atoms with E-state index < -0.39 is 28.9 Å². The summed E-state index contributed by atoms with van der Waals surface area (Å²) in [5, 5.41) is 0. The molecule has 5 rings (SSSR count). The van der Waals surface area contributed by atoms with E-state index in [1.807, 2.05) is 0 Å².